The molecule has 2 aromatic rings. The van der Waals surface area contributed by atoms with E-state index in [9.17, 15) is 24.7 Å². The first-order valence-electron chi connectivity index (χ1n) is 8.29. The summed E-state index contributed by atoms with van der Waals surface area (Å²) in [5.74, 6) is -3.33. The molecule has 0 aliphatic heterocycles. The van der Waals surface area contributed by atoms with Crippen molar-refractivity contribution in [2.45, 2.75) is 25.3 Å². The molecule has 142 valence electrons. The summed E-state index contributed by atoms with van der Waals surface area (Å²) in [6, 6.07) is 11.2. The fraction of sp³-hybridized carbons (Fsp3) is 0.222. The summed E-state index contributed by atoms with van der Waals surface area (Å²) < 4.78 is 0. The second-order valence-electron chi connectivity index (χ2n) is 6.11. The highest BCUT2D eigenvalue weighted by atomic mass is 16.4. The van der Waals surface area contributed by atoms with Gasteiger partial charge in [0.05, 0.1) is 12.4 Å². The third kappa shape index (κ3) is 5.55. The summed E-state index contributed by atoms with van der Waals surface area (Å²) in [7, 11) is -1.89. The second kappa shape index (κ2) is 9.18. The molecule has 0 aromatic heterocycles. The van der Waals surface area contributed by atoms with E-state index in [1.54, 1.807) is 24.3 Å². The number of rotatable bonds is 8. The van der Waals surface area contributed by atoms with Crippen LogP contribution in [0.25, 0.3) is 0 Å². The molecule has 9 heteroatoms. The van der Waals surface area contributed by atoms with Crippen molar-refractivity contribution in [3.8, 4) is 5.75 Å². The Morgan fingerprint density at radius 3 is 2.26 bits per heavy atom. The lowest BCUT2D eigenvalue weighted by Crippen LogP contribution is -2.48. The summed E-state index contributed by atoms with van der Waals surface area (Å²) in [6.07, 6.45) is -0.127. The van der Waals surface area contributed by atoms with E-state index in [-0.39, 0.29) is 24.0 Å². The van der Waals surface area contributed by atoms with Crippen LogP contribution in [0.4, 0.5) is 0 Å². The average molecular weight is 372 g/mol. The molecule has 0 spiro atoms. The fourth-order valence-corrected chi connectivity index (χ4v) is 2.63. The van der Waals surface area contributed by atoms with Gasteiger partial charge in [0.2, 0.25) is 5.91 Å². The lowest BCUT2D eigenvalue weighted by Gasteiger charge is -2.19. The Balaban J connectivity index is 2.08. The molecule has 0 radical (unpaired) electrons. The summed E-state index contributed by atoms with van der Waals surface area (Å²) >= 11 is 0. The van der Waals surface area contributed by atoms with Crippen LogP contribution in [0.1, 0.15) is 27.0 Å². The second-order valence-corrected chi connectivity index (χ2v) is 6.11. The van der Waals surface area contributed by atoms with Gasteiger partial charge in [0.1, 0.15) is 11.3 Å². The van der Waals surface area contributed by atoms with Crippen LogP contribution in [0, 0.1) is 0 Å². The molecule has 2 aromatic carbocycles. The Labute approximate surface area is 156 Å². The van der Waals surface area contributed by atoms with Crippen LogP contribution < -0.4 is 11.1 Å². The maximum atomic E-state index is 12.2. The Hall–Kier alpha value is -2.88. The first-order valence-corrected chi connectivity index (χ1v) is 8.29. The third-order valence-electron chi connectivity index (χ3n) is 4.12. The van der Waals surface area contributed by atoms with Crippen LogP contribution in [0.3, 0.4) is 0 Å². The van der Waals surface area contributed by atoms with E-state index in [1.807, 2.05) is 0 Å². The summed E-state index contributed by atoms with van der Waals surface area (Å²) in [4.78, 5) is 23.3. The number of benzene rings is 2. The van der Waals surface area contributed by atoms with Gasteiger partial charge in [-0.25, -0.2) is 4.79 Å². The first-order chi connectivity index (χ1) is 12.8. The molecule has 2 rings (SSSR count). The number of para-hydroxylation sites is 1. The van der Waals surface area contributed by atoms with Crippen LogP contribution in [0.2, 0.25) is 0 Å². The molecular weight excluding hydrogens is 351 g/mol. The van der Waals surface area contributed by atoms with E-state index in [4.69, 9.17) is 10.8 Å². The van der Waals surface area contributed by atoms with Crippen LogP contribution >= 0.6 is 0 Å². The molecule has 0 fully saturated rings. The predicted molar refractivity (Wildman–Crippen MR) is 98.9 cm³/mol. The van der Waals surface area contributed by atoms with Gasteiger partial charge in [0.15, 0.2) is 0 Å². The molecule has 0 bridgehead atoms. The highest BCUT2D eigenvalue weighted by Crippen LogP contribution is 2.24. The predicted octanol–water partition coefficient (Wildman–Crippen LogP) is -0.169. The van der Waals surface area contributed by atoms with Crippen molar-refractivity contribution >= 4 is 19.0 Å². The molecule has 0 aliphatic rings. The lowest BCUT2D eigenvalue weighted by molar-refractivity contribution is -0.120. The Morgan fingerprint density at radius 2 is 1.70 bits per heavy atom. The molecule has 27 heavy (non-hydrogen) atoms. The number of carboxylic acid groups (broad SMARTS) is 1. The number of carbonyl (C=O) groups excluding carboxylic acids is 1. The Morgan fingerprint density at radius 1 is 1.07 bits per heavy atom. The molecular formula is C18H21BN2O6. The quantitative estimate of drug-likeness (QED) is 0.352. The van der Waals surface area contributed by atoms with E-state index in [2.05, 4.69) is 5.32 Å². The lowest BCUT2D eigenvalue weighted by atomic mass is 9.75. The standard InChI is InChI=1S/C18H21BN2O6/c20-10-12-6-4-11(5-7-12)8-16(22)21-15(19(26)27)9-13-2-1-3-14(17(13)23)18(24)25/h1-7,15,23,26-27H,8-10,20H2,(H,21,22)(H,24,25)/t15-/m0/s1. The van der Waals surface area contributed by atoms with Crippen LogP contribution in [-0.4, -0.2) is 45.2 Å². The SMILES string of the molecule is NCc1ccc(CC(=O)N[C@@H](Cc2cccc(C(=O)O)c2O)B(O)O)cc1. The molecule has 0 aliphatic carbocycles. The molecule has 1 amide bonds. The molecule has 0 saturated heterocycles. The van der Waals surface area contributed by atoms with Crippen molar-refractivity contribution in [2.75, 3.05) is 0 Å². The van der Waals surface area contributed by atoms with E-state index in [1.165, 1.54) is 18.2 Å². The molecule has 1 atom stereocenters. The Bertz CT molecular complexity index is 810. The molecule has 7 N–H and O–H groups in total. The maximum Gasteiger partial charge on any atom is 0.475 e. The number of carboxylic acids is 1. The molecule has 0 saturated carbocycles. The summed E-state index contributed by atoms with van der Waals surface area (Å²) in [5, 5.41) is 40.7. The molecule has 0 unspecified atom stereocenters. The zero-order valence-corrected chi connectivity index (χ0v) is 14.5. The topological polar surface area (TPSA) is 153 Å². The minimum Gasteiger partial charge on any atom is -0.507 e. The summed E-state index contributed by atoms with van der Waals surface area (Å²) in [6.45, 7) is 0.393. The van der Waals surface area contributed by atoms with Gasteiger partial charge in [-0.15, -0.1) is 0 Å². The average Bonchev–Trinajstić information content (AvgIpc) is 2.63. The van der Waals surface area contributed by atoms with Crippen molar-refractivity contribution in [1.82, 2.24) is 5.32 Å². The number of aromatic hydroxyl groups is 1. The number of hydrogen-bond acceptors (Lipinski definition) is 6. The van der Waals surface area contributed by atoms with Crippen LogP contribution in [-0.2, 0) is 24.2 Å². The monoisotopic (exact) mass is 372 g/mol. The largest absolute Gasteiger partial charge is 0.507 e. The van der Waals surface area contributed by atoms with Crippen molar-refractivity contribution in [2.24, 2.45) is 5.73 Å². The number of carbonyl (C=O) groups is 2. The number of nitrogens with two attached hydrogens (primary N) is 1. The van der Waals surface area contributed by atoms with Gasteiger partial charge in [-0.1, -0.05) is 36.4 Å². The zero-order chi connectivity index (χ0) is 20.0. The van der Waals surface area contributed by atoms with Crippen LogP contribution in [0.15, 0.2) is 42.5 Å². The smallest absolute Gasteiger partial charge is 0.475 e. The maximum absolute atomic E-state index is 12.2. The van der Waals surface area contributed by atoms with E-state index < -0.39 is 30.7 Å². The van der Waals surface area contributed by atoms with Gasteiger partial charge in [-0.05, 0) is 29.2 Å². The van der Waals surface area contributed by atoms with E-state index in [0.29, 0.717) is 6.54 Å². The number of aromatic carboxylic acids is 1. The van der Waals surface area contributed by atoms with Crippen molar-refractivity contribution in [3.63, 3.8) is 0 Å². The number of hydrogen-bond donors (Lipinski definition) is 6. The zero-order valence-electron chi connectivity index (χ0n) is 14.5. The van der Waals surface area contributed by atoms with Gasteiger partial charge in [0, 0.05) is 6.54 Å². The Kier molecular flexibility index (Phi) is 6.94. The van der Waals surface area contributed by atoms with Gasteiger partial charge in [0.25, 0.3) is 0 Å². The normalized spacial score (nSPS) is 11.7. The van der Waals surface area contributed by atoms with Gasteiger partial charge in [-0.3, -0.25) is 4.79 Å². The molecule has 8 nitrogen and oxygen atoms in total. The number of amides is 1. The van der Waals surface area contributed by atoms with Crippen molar-refractivity contribution in [1.29, 1.82) is 0 Å². The van der Waals surface area contributed by atoms with Crippen molar-refractivity contribution in [3.05, 3.63) is 64.7 Å². The highest BCUT2D eigenvalue weighted by molar-refractivity contribution is 6.43. The van der Waals surface area contributed by atoms with E-state index >= 15 is 0 Å². The fourth-order valence-electron chi connectivity index (χ4n) is 2.63. The van der Waals surface area contributed by atoms with Crippen molar-refractivity contribution < 1.29 is 29.9 Å². The van der Waals surface area contributed by atoms with Gasteiger partial charge in [-0.2, -0.15) is 0 Å². The minimum absolute atomic E-state index is 0.0230. The number of phenols is 1. The highest BCUT2D eigenvalue weighted by Gasteiger charge is 2.27. The number of nitrogens with one attached hydrogen (secondary N) is 1. The van der Waals surface area contributed by atoms with Gasteiger partial charge < -0.3 is 31.3 Å². The van der Waals surface area contributed by atoms with E-state index in [0.717, 1.165) is 11.1 Å². The first kappa shape index (κ1) is 20.4. The van der Waals surface area contributed by atoms with Crippen LogP contribution in [0.5, 0.6) is 5.75 Å². The third-order valence-corrected chi connectivity index (χ3v) is 4.12. The minimum atomic E-state index is -1.89. The van der Waals surface area contributed by atoms with Gasteiger partial charge >= 0.3 is 13.1 Å². The molecule has 0 heterocycles. The summed E-state index contributed by atoms with van der Waals surface area (Å²) in [5.41, 5.74) is 7.06.